The maximum Gasteiger partial charge on any atom is 0.327 e. The van der Waals surface area contributed by atoms with Crippen molar-refractivity contribution in [1.82, 2.24) is 47.4 Å². The summed E-state index contributed by atoms with van der Waals surface area (Å²) in [6, 6.07) is -4.49. The second kappa shape index (κ2) is 41.1. The van der Waals surface area contributed by atoms with Crippen LogP contribution in [0, 0.1) is 29.6 Å². The van der Waals surface area contributed by atoms with Crippen molar-refractivity contribution in [1.29, 1.82) is 0 Å². The Bertz CT molecular complexity index is 2870. The van der Waals surface area contributed by atoms with Gasteiger partial charge in [0.2, 0.25) is 53.2 Å². The third-order valence-corrected chi connectivity index (χ3v) is 16.4. The summed E-state index contributed by atoms with van der Waals surface area (Å²) in [5.41, 5.74) is 18.3. The Hall–Kier alpha value is -8.65. The number of amides is 9. The second-order valence-electron chi connectivity index (χ2n) is 24.1. The number of hydrogen-bond acceptors (Lipinski definition) is 17. The Balaban J connectivity index is 2.91. The van der Waals surface area contributed by atoms with Crippen LogP contribution in [0.5, 0.6) is 0 Å². The molecule has 0 radical (unpaired) electrons. The van der Waals surface area contributed by atoms with Crippen LogP contribution in [0.15, 0.2) is 59.1 Å². The summed E-state index contributed by atoms with van der Waals surface area (Å²) in [5.74, 6) is -19.7. The van der Waals surface area contributed by atoms with Crippen LogP contribution in [-0.2, 0) is 73.5 Å². The summed E-state index contributed by atoms with van der Waals surface area (Å²) in [6.07, 6.45) is 2.91. The summed E-state index contributed by atoms with van der Waals surface area (Å²) in [5, 5.41) is 59.6. The van der Waals surface area contributed by atoms with Gasteiger partial charge < -0.3 is 89.8 Å². The zero-order chi connectivity index (χ0) is 71.1. The van der Waals surface area contributed by atoms with Crippen LogP contribution in [0.3, 0.4) is 0 Å². The van der Waals surface area contributed by atoms with Crippen LogP contribution >= 0.6 is 11.8 Å². The molecule has 524 valence electrons. The molecule has 9 amide bonds. The average Bonchev–Trinajstić information content (AvgIpc) is 1.25. The first-order valence-electron chi connectivity index (χ1n) is 30.9. The van der Waals surface area contributed by atoms with E-state index in [4.69, 9.17) is 21.9 Å². The van der Waals surface area contributed by atoms with Gasteiger partial charge in [-0.25, -0.2) is 9.59 Å². The molecule has 1 aliphatic heterocycles. The minimum absolute atomic E-state index is 0.0308. The molecule has 0 aliphatic carbocycles. The number of hydrogen-bond donors (Lipinski definition) is 15. The Morgan fingerprint density at radius 3 is 1.90 bits per heavy atom. The molecule has 2 rings (SSSR count). The fourth-order valence-electron chi connectivity index (χ4n) is 9.74. The van der Waals surface area contributed by atoms with Gasteiger partial charge in [-0.3, -0.25) is 57.7 Å². The lowest BCUT2D eigenvalue weighted by Crippen LogP contribution is -2.60. The van der Waals surface area contributed by atoms with E-state index < -0.39 is 181 Å². The predicted octanol–water partition coefficient (Wildman–Crippen LogP) is -0.890. The molecule has 32 heteroatoms. The molecule has 0 spiro atoms. The summed E-state index contributed by atoms with van der Waals surface area (Å²) in [7, 11) is 2.77. The lowest BCUT2D eigenvalue weighted by Gasteiger charge is -2.31. The lowest BCUT2D eigenvalue weighted by atomic mass is 9.94. The molecule has 1 unspecified atom stereocenters. The van der Waals surface area contributed by atoms with Crippen molar-refractivity contribution in [3.05, 3.63) is 59.7 Å². The van der Waals surface area contributed by atoms with Crippen LogP contribution in [0.4, 0.5) is 0 Å². The van der Waals surface area contributed by atoms with Crippen LogP contribution < -0.4 is 59.7 Å². The number of guanidine groups is 1. The van der Waals surface area contributed by atoms with E-state index in [0.717, 1.165) is 22.2 Å². The Morgan fingerprint density at radius 1 is 0.777 bits per heavy atom. The molecule has 13 atom stereocenters. The first-order valence-corrected chi connectivity index (χ1v) is 32.1. The molecule has 1 aromatic carbocycles. The van der Waals surface area contributed by atoms with E-state index in [0.29, 0.717) is 12.0 Å². The molecule has 0 bridgehead atoms. The van der Waals surface area contributed by atoms with Crippen LogP contribution in [0.25, 0.3) is 0 Å². The number of nitrogens with zero attached hydrogens (tertiary/aromatic N) is 2. The number of carbonyl (C=O) groups is 13. The van der Waals surface area contributed by atoms with Crippen molar-refractivity contribution in [3.8, 4) is 0 Å². The topological polar surface area (TPSA) is 502 Å². The van der Waals surface area contributed by atoms with Crippen molar-refractivity contribution in [3.63, 3.8) is 0 Å². The molecule has 94 heavy (non-hydrogen) atoms. The van der Waals surface area contributed by atoms with Crippen molar-refractivity contribution < 1.29 is 87.5 Å². The van der Waals surface area contributed by atoms with E-state index in [1.54, 1.807) is 47.8 Å². The SMILES string of the molecule is CO[C@@H](Cc1ccccc1)[C@@H](C)/C=C(C)/C=C/[C@@H]1NC(=O)[C@H](CCCN=C(N)N)NC(=O)[C@@H](C)[C@H](C(=O)O)NC(=O)[C@H](CC(C)C)NC(=O)[C@@H](CC(C)C)NC(=O)C(CSC[C@H](NC(=O)CC[C@H](N)C(=O)O)C(=O)NCC(=O)O)N(C)C(=O)CC[C@H](C(=O)O)NC(=O)[C@H]1C. The van der Waals surface area contributed by atoms with E-state index in [9.17, 15) is 82.8 Å². The van der Waals surface area contributed by atoms with Gasteiger partial charge in [0.25, 0.3) is 0 Å². The summed E-state index contributed by atoms with van der Waals surface area (Å²) >= 11 is 0.792. The molecule has 1 fully saturated rings. The molecular formula is C62H97N13O18S. The largest absolute Gasteiger partial charge is 0.480 e. The van der Waals surface area contributed by atoms with E-state index in [1.807, 2.05) is 43.3 Å². The van der Waals surface area contributed by atoms with E-state index in [2.05, 4.69) is 47.5 Å². The van der Waals surface area contributed by atoms with Gasteiger partial charge in [0.05, 0.1) is 24.0 Å². The highest BCUT2D eigenvalue weighted by molar-refractivity contribution is 7.99. The van der Waals surface area contributed by atoms with Gasteiger partial charge in [0.1, 0.15) is 54.9 Å². The van der Waals surface area contributed by atoms with Gasteiger partial charge in [-0.15, -0.1) is 0 Å². The fourth-order valence-corrected chi connectivity index (χ4v) is 10.9. The maximum atomic E-state index is 14.7. The molecule has 1 heterocycles. The first-order chi connectivity index (χ1) is 44.1. The zero-order valence-corrected chi connectivity index (χ0v) is 55.8. The third kappa shape index (κ3) is 29.5. The molecule has 18 N–H and O–H groups in total. The van der Waals surface area contributed by atoms with Crippen molar-refractivity contribution in [2.75, 3.05) is 38.8 Å². The number of nitrogens with one attached hydrogen (secondary N) is 8. The molecule has 31 nitrogen and oxygen atoms in total. The monoisotopic (exact) mass is 1340 g/mol. The Morgan fingerprint density at radius 2 is 1.35 bits per heavy atom. The minimum atomic E-state index is -1.99. The number of benzene rings is 1. The van der Waals surface area contributed by atoms with Crippen molar-refractivity contribution in [2.24, 2.45) is 51.8 Å². The molecule has 0 aromatic heterocycles. The Labute approximate surface area is 551 Å². The normalized spacial score (nSPS) is 23.3. The van der Waals surface area contributed by atoms with Crippen LogP contribution in [-0.4, -0.2) is 208 Å². The molecule has 1 aromatic rings. The number of carboxylic acid groups (broad SMARTS) is 4. The number of allylic oxidation sites excluding steroid dienone is 2. The summed E-state index contributed by atoms with van der Waals surface area (Å²) in [6.45, 7) is 12.2. The van der Waals surface area contributed by atoms with Crippen molar-refractivity contribution >= 4 is 94.8 Å². The number of likely N-dealkylation sites (N-methyl/N-ethyl adjacent to an activating group) is 1. The molecule has 1 saturated heterocycles. The van der Waals surface area contributed by atoms with E-state index in [-0.39, 0.29) is 68.5 Å². The van der Waals surface area contributed by atoms with E-state index >= 15 is 0 Å². The number of aliphatic carboxylic acids is 4. The summed E-state index contributed by atoms with van der Waals surface area (Å²) < 4.78 is 5.84. The first kappa shape index (κ1) is 81.4. The van der Waals surface area contributed by atoms with Crippen molar-refractivity contribution in [2.45, 2.75) is 174 Å². The van der Waals surface area contributed by atoms with Gasteiger partial charge in [-0.2, -0.15) is 11.8 Å². The number of aliphatic imine (C=N–C) groups is 1. The van der Waals surface area contributed by atoms with Crippen LogP contribution in [0.2, 0.25) is 0 Å². The van der Waals surface area contributed by atoms with Crippen LogP contribution in [0.1, 0.15) is 112 Å². The zero-order valence-electron chi connectivity index (χ0n) is 55.0. The lowest BCUT2D eigenvalue weighted by molar-refractivity contribution is -0.146. The van der Waals surface area contributed by atoms with Gasteiger partial charge >= 0.3 is 23.9 Å². The fraction of sp³-hybridized carbons (Fsp3) is 0.613. The second-order valence-corrected chi connectivity index (χ2v) is 25.2. The standard InChI is InChI=1S/C62H97N13O18S/c1-32(2)25-43-56(84)72-44(26-33(3)4)57(85)74-51(61(91)92)37(8)53(81)70-41(17-14-24-66-62(64)65)55(83)69-40(20-18-34(5)27-35(6)47(93-10)28-38-15-12-11-13-16-38)36(7)52(80)71-42(60(89)90)21-23-49(77)75(9)46(58(86)73-43)31-94-30-45(54(82)67-29-50(78)79)68-48(76)22-19-39(63)59(87)88/h11-13,15-16,18,20,27,32-33,35-37,39-47,51H,14,17,19,21-26,28-31,63H2,1-10H3,(H,67,82)(H,68,76)(H,69,83)(H,70,81)(H,71,80)(H,72,84)(H,73,86)(H,74,85)(H,78,79)(H,87,88)(H,89,90)(H,91,92)(H4,64,65,66)/b20-18+,34-27+/t35-,36-,37-,39-,40-,41-,42+,43+,44-,45-,46?,47-,51+/m0/s1. The van der Waals surface area contributed by atoms with E-state index in [1.165, 1.54) is 27.0 Å². The number of methoxy groups -OCH3 is 1. The highest BCUT2D eigenvalue weighted by Gasteiger charge is 2.39. The molecule has 0 saturated carbocycles. The van der Waals surface area contributed by atoms with Gasteiger partial charge in [-0.1, -0.05) is 103 Å². The summed E-state index contributed by atoms with van der Waals surface area (Å²) in [4.78, 5) is 181. The highest BCUT2D eigenvalue weighted by atomic mass is 32.2. The smallest absolute Gasteiger partial charge is 0.327 e. The molecule has 1 aliphatic rings. The number of thioether (sulfide) groups is 1. The van der Waals surface area contributed by atoms with Gasteiger partial charge in [0, 0.05) is 51.0 Å². The Kier molecular flexibility index (Phi) is 35.6. The number of carbonyl (C=O) groups excluding carboxylic acids is 9. The number of ether oxygens (including phenoxy) is 1. The number of carboxylic acids is 4. The minimum Gasteiger partial charge on any atom is -0.480 e. The van der Waals surface area contributed by atoms with Gasteiger partial charge in [0.15, 0.2) is 5.96 Å². The molecular weight excluding hydrogens is 1250 g/mol. The average molecular weight is 1340 g/mol. The third-order valence-electron chi connectivity index (χ3n) is 15.3. The predicted molar refractivity (Wildman–Crippen MR) is 348 cm³/mol. The highest BCUT2D eigenvalue weighted by Crippen LogP contribution is 2.20. The number of nitrogens with two attached hydrogens (primary N) is 3. The quantitative estimate of drug-likeness (QED) is 0.0200. The van der Waals surface area contributed by atoms with Gasteiger partial charge in [-0.05, 0) is 69.3 Å². The number of rotatable bonds is 29. The maximum absolute atomic E-state index is 14.7.